The minimum Gasteiger partial charge on any atom is -0.489 e. The van der Waals surface area contributed by atoms with Crippen LogP contribution in [0.15, 0.2) is 18.2 Å². The minimum atomic E-state index is -1.31. The largest absolute Gasteiger partial charge is 0.489 e. The van der Waals surface area contributed by atoms with Crippen LogP contribution < -0.4 is 4.74 Å². The van der Waals surface area contributed by atoms with E-state index in [9.17, 15) is 13.2 Å². The summed E-state index contributed by atoms with van der Waals surface area (Å²) in [4.78, 5) is 0. The molecule has 0 saturated carbocycles. The van der Waals surface area contributed by atoms with Crippen molar-refractivity contribution in [3.05, 3.63) is 52.6 Å². The van der Waals surface area contributed by atoms with Gasteiger partial charge in [0.2, 0.25) is 5.82 Å². The van der Waals surface area contributed by atoms with E-state index in [4.69, 9.17) is 21.1 Å². The highest BCUT2D eigenvalue weighted by atomic mass is 35.5. The Bertz CT molecular complexity index is 1050. The molecule has 0 radical (unpaired) electrons. The standard InChI is InChI=1S/C30H38ClF5O2/c1-3-5-7-8-10-21(32)18-37-22-12-11-19-15-25(29(35)28(34)24(19)16-22)23-13-14-26(30(36)27(23)33)38-17-20(31)9-6-4-2/h13-15,20-22H,3-12,16-18H2,1-2H3. The van der Waals surface area contributed by atoms with Crippen molar-refractivity contribution in [1.82, 2.24) is 0 Å². The SMILES string of the molecule is CCCCCCC(F)COC1CCc2cc(-c3ccc(OCC(Cl)CCCC)c(F)c3F)c(F)c(F)c2C1. The topological polar surface area (TPSA) is 18.5 Å². The second kappa shape index (κ2) is 15.1. The Morgan fingerprint density at radius 1 is 0.868 bits per heavy atom. The van der Waals surface area contributed by atoms with Crippen LogP contribution >= 0.6 is 11.6 Å². The lowest BCUT2D eigenvalue weighted by Crippen LogP contribution is -2.27. The number of fused-ring (bicyclic) bond motifs is 1. The van der Waals surface area contributed by atoms with Crippen LogP contribution in [-0.2, 0) is 17.6 Å². The lowest BCUT2D eigenvalue weighted by molar-refractivity contribution is 0.00865. The molecule has 0 aliphatic heterocycles. The van der Waals surface area contributed by atoms with Crippen LogP contribution in [-0.4, -0.2) is 30.9 Å². The predicted octanol–water partition coefficient (Wildman–Crippen LogP) is 9.27. The molecule has 3 unspecified atom stereocenters. The molecule has 38 heavy (non-hydrogen) atoms. The van der Waals surface area contributed by atoms with Crippen LogP contribution in [0, 0.1) is 23.3 Å². The molecule has 0 fully saturated rings. The molecular weight excluding hydrogens is 523 g/mol. The van der Waals surface area contributed by atoms with Crippen LogP contribution in [0.5, 0.6) is 5.75 Å². The van der Waals surface area contributed by atoms with Gasteiger partial charge in [-0.1, -0.05) is 52.4 Å². The van der Waals surface area contributed by atoms with Crippen LogP contribution in [0.4, 0.5) is 22.0 Å². The molecule has 0 N–H and O–H groups in total. The molecule has 1 aliphatic carbocycles. The van der Waals surface area contributed by atoms with E-state index in [1.807, 2.05) is 6.92 Å². The fourth-order valence-corrected chi connectivity index (χ4v) is 5.02. The van der Waals surface area contributed by atoms with Crippen LogP contribution in [0.1, 0.15) is 82.8 Å². The second-order valence-electron chi connectivity index (χ2n) is 10.1. The summed E-state index contributed by atoms with van der Waals surface area (Å²) >= 11 is 6.15. The Morgan fingerprint density at radius 3 is 2.34 bits per heavy atom. The molecule has 3 atom stereocenters. The highest BCUT2D eigenvalue weighted by Gasteiger charge is 2.28. The number of benzene rings is 2. The van der Waals surface area contributed by atoms with Crippen molar-refractivity contribution < 1.29 is 31.4 Å². The van der Waals surface area contributed by atoms with Gasteiger partial charge in [-0.05, 0) is 55.0 Å². The fraction of sp³-hybridized carbons (Fsp3) is 0.600. The zero-order valence-electron chi connectivity index (χ0n) is 22.2. The third-order valence-corrected chi connectivity index (χ3v) is 7.42. The van der Waals surface area contributed by atoms with E-state index >= 15 is 8.78 Å². The first-order valence-corrected chi connectivity index (χ1v) is 14.2. The maximum Gasteiger partial charge on any atom is 0.201 e. The summed E-state index contributed by atoms with van der Waals surface area (Å²) in [6.07, 6.45) is 6.31. The fourth-order valence-electron chi connectivity index (χ4n) is 4.80. The third kappa shape index (κ3) is 8.08. The molecule has 2 nitrogen and oxygen atoms in total. The van der Waals surface area contributed by atoms with Crippen molar-refractivity contribution in [2.45, 2.75) is 102 Å². The molecule has 2 aromatic rings. The monoisotopic (exact) mass is 560 g/mol. The zero-order chi connectivity index (χ0) is 27.7. The summed E-state index contributed by atoms with van der Waals surface area (Å²) in [6, 6.07) is 3.75. The molecule has 0 saturated heterocycles. The summed E-state index contributed by atoms with van der Waals surface area (Å²) in [5, 5.41) is -0.348. The molecule has 0 aromatic heterocycles. The minimum absolute atomic E-state index is 0.00431. The second-order valence-corrected chi connectivity index (χ2v) is 10.7. The summed E-state index contributed by atoms with van der Waals surface area (Å²) in [7, 11) is 0. The first-order valence-electron chi connectivity index (χ1n) is 13.8. The van der Waals surface area contributed by atoms with Crippen molar-refractivity contribution >= 4 is 11.6 Å². The van der Waals surface area contributed by atoms with E-state index in [0.29, 0.717) is 31.2 Å². The van der Waals surface area contributed by atoms with E-state index in [0.717, 1.165) is 38.5 Å². The van der Waals surface area contributed by atoms with E-state index in [-0.39, 0.29) is 47.5 Å². The Kier molecular flexibility index (Phi) is 12.2. The molecule has 3 rings (SSSR count). The third-order valence-electron chi connectivity index (χ3n) is 7.08. The van der Waals surface area contributed by atoms with Gasteiger partial charge in [-0.15, -0.1) is 11.6 Å². The summed E-state index contributed by atoms with van der Waals surface area (Å²) in [6.45, 7) is 4.04. The molecule has 0 bridgehead atoms. The number of unbranched alkanes of at least 4 members (excludes halogenated alkanes) is 4. The zero-order valence-corrected chi connectivity index (χ0v) is 23.0. The van der Waals surface area contributed by atoms with Gasteiger partial charge in [0.05, 0.1) is 18.1 Å². The lowest BCUT2D eigenvalue weighted by atomic mass is 9.86. The molecule has 8 heteroatoms. The van der Waals surface area contributed by atoms with Gasteiger partial charge < -0.3 is 9.47 Å². The predicted molar refractivity (Wildman–Crippen MR) is 142 cm³/mol. The van der Waals surface area contributed by atoms with E-state index in [2.05, 4.69) is 6.92 Å². The van der Waals surface area contributed by atoms with Crippen LogP contribution in [0.25, 0.3) is 11.1 Å². The number of rotatable bonds is 15. The maximum absolute atomic E-state index is 15.1. The van der Waals surface area contributed by atoms with Gasteiger partial charge in [-0.3, -0.25) is 0 Å². The number of hydrogen-bond acceptors (Lipinski definition) is 2. The van der Waals surface area contributed by atoms with Crippen LogP contribution in [0.3, 0.4) is 0 Å². The van der Waals surface area contributed by atoms with Gasteiger partial charge >= 0.3 is 0 Å². The molecule has 2 aromatic carbocycles. The first kappa shape index (κ1) is 30.7. The number of ether oxygens (including phenoxy) is 2. The van der Waals surface area contributed by atoms with Crippen molar-refractivity contribution in [2.24, 2.45) is 0 Å². The highest BCUT2D eigenvalue weighted by molar-refractivity contribution is 6.20. The van der Waals surface area contributed by atoms with Gasteiger partial charge in [0, 0.05) is 17.5 Å². The van der Waals surface area contributed by atoms with Crippen molar-refractivity contribution in [2.75, 3.05) is 13.2 Å². The quantitative estimate of drug-likeness (QED) is 0.123. The van der Waals surface area contributed by atoms with Crippen molar-refractivity contribution in [1.29, 1.82) is 0 Å². The summed E-state index contributed by atoms with van der Waals surface area (Å²) < 4.78 is 85.1. The number of alkyl halides is 2. The summed E-state index contributed by atoms with van der Waals surface area (Å²) in [5.74, 6) is -5.28. The van der Waals surface area contributed by atoms with Gasteiger partial charge in [-0.25, -0.2) is 17.6 Å². The van der Waals surface area contributed by atoms with Gasteiger partial charge in [0.1, 0.15) is 12.8 Å². The molecule has 0 heterocycles. The van der Waals surface area contributed by atoms with E-state index in [1.54, 1.807) is 0 Å². The molecular formula is C30H38ClF5O2. The summed E-state index contributed by atoms with van der Waals surface area (Å²) in [5.41, 5.74) is -0.0834. The van der Waals surface area contributed by atoms with E-state index in [1.165, 1.54) is 18.2 Å². The van der Waals surface area contributed by atoms with Gasteiger partial charge in [0.15, 0.2) is 23.2 Å². The van der Waals surface area contributed by atoms with Crippen molar-refractivity contribution in [3.63, 3.8) is 0 Å². The molecule has 212 valence electrons. The first-order chi connectivity index (χ1) is 18.3. The molecule has 0 amide bonds. The Hall–Kier alpha value is -1.86. The number of aryl methyl sites for hydroxylation is 1. The average molecular weight is 561 g/mol. The Morgan fingerprint density at radius 2 is 1.61 bits per heavy atom. The average Bonchev–Trinajstić information content (AvgIpc) is 2.92. The molecule has 0 spiro atoms. The molecule has 1 aliphatic rings. The van der Waals surface area contributed by atoms with Gasteiger partial charge in [0.25, 0.3) is 0 Å². The highest BCUT2D eigenvalue weighted by Crippen LogP contribution is 2.37. The maximum atomic E-state index is 15.1. The number of halogens is 6. The number of hydrogen-bond donors (Lipinski definition) is 0. The normalized spacial score (nSPS) is 16.8. The Balaban J connectivity index is 1.68. The lowest BCUT2D eigenvalue weighted by Gasteiger charge is -2.27. The Labute approximate surface area is 227 Å². The van der Waals surface area contributed by atoms with Crippen LogP contribution in [0.2, 0.25) is 0 Å². The van der Waals surface area contributed by atoms with E-state index < -0.39 is 35.5 Å². The van der Waals surface area contributed by atoms with Crippen molar-refractivity contribution in [3.8, 4) is 16.9 Å². The smallest absolute Gasteiger partial charge is 0.201 e. The van der Waals surface area contributed by atoms with Gasteiger partial charge in [-0.2, -0.15) is 4.39 Å².